The predicted octanol–water partition coefficient (Wildman–Crippen LogP) is 2.38. The maximum Gasteiger partial charge on any atom is 0.242 e. The van der Waals surface area contributed by atoms with Crippen LogP contribution >= 0.6 is 0 Å². The number of anilines is 1. The van der Waals surface area contributed by atoms with Crippen molar-refractivity contribution in [3.05, 3.63) is 29.8 Å². The first-order valence-corrected chi connectivity index (χ1v) is 7.45. The van der Waals surface area contributed by atoms with Crippen LogP contribution < -0.4 is 10.2 Å². The molecule has 114 valence electrons. The molecule has 1 heterocycles. The molecule has 5 heteroatoms. The third-order valence-corrected chi connectivity index (χ3v) is 4.08. The molecule has 0 fully saturated rings. The van der Waals surface area contributed by atoms with E-state index in [1.54, 1.807) is 0 Å². The molecule has 1 aliphatic heterocycles. The minimum Gasteiger partial charge on any atom is -0.411 e. The highest BCUT2D eigenvalue weighted by Crippen LogP contribution is 2.28. The van der Waals surface area contributed by atoms with Crippen molar-refractivity contribution in [3.63, 3.8) is 0 Å². The quantitative estimate of drug-likeness (QED) is 0.660. The highest BCUT2D eigenvalue weighted by molar-refractivity contribution is 6.07. The van der Waals surface area contributed by atoms with Gasteiger partial charge >= 0.3 is 0 Å². The van der Waals surface area contributed by atoms with Crippen molar-refractivity contribution in [2.24, 2.45) is 5.16 Å². The number of nitrogens with one attached hydrogen (secondary N) is 1. The minimum atomic E-state index is -0.250. The van der Waals surface area contributed by atoms with Gasteiger partial charge in [0.2, 0.25) is 5.91 Å². The van der Waals surface area contributed by atoms with E-state index in [-0.39, 0.29) is 18.0 Å². The summed E-state index contributed by atoms with van der Waals surface area (Å²) in [5.74, 6) is 0.0311. The molecule has 0 spiro atoms. The molecule has 0 bridgehead atoms. The lowest BCUT2D eigenvalue weighted by atomic mass is 9.98. The average molecular weight is 289 g/mol. The summed E-state index contributed by atoms with van der Waals surface area (Å²) in [6.45, 7) is 6.64. The van der Waals surface area contributed by atoms with Crippen LogP contribution in [0.5, 0.6) is 0 Å². The molecule has 0 aliphatic carbocycles. The van der Waals surface area contributed by atoms with Crippen molar-refractivity contribution in [1.82, 2.24) is 5.32 Å². The Kier molecular flexibility index (Phi) is 4.83. The monoisotopic (exact) mass is 289 g/mol. The molecule has 2 rings (SSSR count). The second-order valence-corrected chi connectivity index (χ2v) is 5.50. The van der Waals surface area contributed by atoms with E-state index in [0.717, 1.165) is 17.7 Å². The van der Waals surface area contributed by atoms with Crippen LogP contribution in [0.4, 0.5) is 5.69 Å². The molecule has 1 aromatic rings. The molecular formula is C16H23N3O2. The van der Waals surface area contributed by atoms with Crippen molar-refractivity contribution in [3.8, 4) is 0 Å². The van der Waals surface area contributed by atoms with Gasteiger partial charge in [-0.2, -0.15) is 0 Å². The molecule has 2 unspecified atom stereocenters. The SMILES string of the molecule is CCC(C)NC(=O)C(C)N1CCC(=NO)c2ccccc21. The third kappa shape index (κ3) is 3.17. The summed E-state index contributed by atoms with van der Waals surface area (Å²) in [6.07, 6.45) is 1.55. The van der Waals surface area contributed by atoms with Crippen LogP contribution in [-0.2, 0) is 4.79 Å². The Hall–Kier alpha value is -2.04. The van der Waals surface area contributed by atoms with Crippen LogP contribution in [0.3, 0.4) is 0 Å². The van der Waals surface area contributed by atoms with Crippen molar-refractivity contribution in [1.29, 1.82) is 0 Å². The van der Waals surface area contributed by atoms with E-state index in [9.17, 15) is 4.79 Å². The molecule has 2 N–H and O–H groups in total. The standard InChI is InChI=1S/C16H23N3O2/c1-4-11(2)17-16(20)12(3)19-10-9-14(18-21)13-7-5-6-8-15(13)19/h5-8,11-12,21H,4,9-10H2,1-3H3,(H,17,20). The topological polar surface area (TPSA) is 64.9 Å². The summed E-state index contributed by atoms with van der Waals surface area (Å²) in [5.41, 5.74) is 2.52. The Bertz CT molecular complexity index is 542. The smallest absolute Gasteiger partial charge is 0.242 e. The first kappa shape index (κ1) is 15.4. The number of amides is 1. The zero-order chi connectivity index (χ0) is 15.4. The molecule has 1 aliphatic rings. The fourth-order valence-corrected chi connectivity index (χ4v) is 2.56. The first-order valence-electron chi connectivity index (χ1n) is 7.45. The number of hydrogen-bond donors (Lipinski definition) is 2. The van der Waals surface area contributed by atoms with E-state index >= 15 is 0 Å². The number of oxime groups is 1. The summed E-state index contributed by atoms with van der Waals surface area (Å²) in [5, 5.41) is 15.5. The van der Waals surface area contributed by atoms with E-state index in [0.29, 0.717) is 18.7 Å². The number of carbonyl (C=O) groups excluding carboxylic acids is 1. The Balaban J connectivity index is 2.23. The van der Waals surface area contributed by atoms with E-state index in [1.807, 2.05) is 38.1 Å². The molecule has 5 nitrogen and oxygen atoms in total. The normalized spacial score (nSPS) is 19.0. The molecule has 2 atom stereocenters. The highest BCUT2D eigenvalue weighted by Gasteiger charge is 2.28. The van der Waals surface area contributed by atoms with Crippen LogP contribution in [0.25, 0.3) is 0 Å². The molecule has 1 aromatic carbocycles. The zero-order valence-corrected chi connectivity index (χ0v) is 12.8. The molecule has 21 heavy (non-hydrogen) atoms. The number of para-hydroxylation sites is 1. The van der Waals surface area contributed by atoms with Gasteiger partial charge in [-0.3, -0.25) is 4.79 Å². The maximum atomic E-state index is 12.3. The van der Waals surface area contributed by atoms with Gasteiger partial charge < -0.3 is 15.4 Å². The zero-order valence-electron chi connectivity index (χ0n) is 12.8. The molecule has 1 amide bonds. The lowest BCUT2D eigenvalue weighted by Gasteiger charge is -2.36. The fraction of sp³-hybridized carbons (Fsp3) is 0.500. The Labute approximate surface area is 125 Å². The lowest BCUT2D eigenvalue weighted by Crippen LogP contribution is -2.49. The second kappa shape index (κ2) is 6.61. The molecule has 0 aromatic heterocycles. The van der Waals surface area contributed by atoms with Crippen LogP contribution in [0, 0.1) is 0 Å². The maximum absolute atomic E-state index is 12.3. The number of rotatable bonds is 4. The lowest BCUT2D eigenvalue weighted by molar-refractivity contribution is -0.122. The highest BCUT2D eigenvalue weighted by atomic mass is 16.4. The van der Waals surface area contributed by atoms with Gasteiger partial charge in [-0.15, -0.1) is 0 Å². The van der Waals surface area contributed by atoms with Gasteiger partial charge in [-0.05, 0) is 26.3 Å². The Morgan fingerprint density at radius 2 is 2.14 bits per heavy atom. The van der Waals surface area contributed by atoms with Crippen molar-refractivity contribution < 1.29 is 10.0 Å². The number of fused-ring (bicyclic) bond motifs is 1. The number of benzene rings is 1. The molecule has 0 saturated heterocycles. The number of hydrogen-bond acceptors (Lipinski definition) is 4. The Morgan fingerprint density at radius 3 is 2.81 bits per heavy atom. The van der Waals surface area contributed by atoms with Crippen LogP contribution in [0.1, 0.15) is 39.2 Å². The van der Waals surface area contributed by atoms with E-state index in [4.69, 9.17) is 5.21 Å². The van der Waals surface area contributed by atoms with Crippen molar-refractivity contribution in [2.75, 3.05) is 11.4 Å². The van der Waals surface area contributed by atoms with Crippen molar-refractivity contribution >= 4 is 17.3 Å². The predicted molar refractivity (Wildman–Crippen MR) is 84.1 cm³/mol. The summed E-state index contributed by atoms with van der Waals surface area (Å²) < 4.78 is 0. The molecule has 0 saturated carbocycles. The first-order chi connectivity index (χ1) is 10.1. The van der Waals surface area contributed by atoms with Gasteiger partial charge in [0.1, 0.15) is 6.04 Å². The fourth-order valence-electron chi connectivity index (χ4n) is 2.56. The number of nitrogens with zero attached hydrogens (tertiary/aromatic N) is 2. The summed E-state index contributed by atoms with van der Waals surface area (Å²) in [7, 11) is 0. The van der Waals surface area contributed by atoms with E-state index in [1.165, 1.54) is 0 Å². The molecule has 0 radical (unpaired) electrons. The van der Waals surface area contributed by atoms with Gasteiger partial charge in [0.15, 0.2) is 0 Å². The Morgan fingerprint density at radius 1 is 1.43 bits per heavy atom. The van der Waals surface area contributed by atoms with Crippen LogP contribution in [0.2, 0.25) is 0 Å². The molecular weight excluding hydrogens is 266 g/mol. The van der Waals surface area contributed by atoms with Gasteiger partial charge in [0, 0.05) is 30.3 Å². The summed E-state index contributed by atoms with van der Waals surface area (Å²) in [6, 6.07) is 7.67. The van der Waals surface area contributed by atoms with E-state index in [2.05, 4.69) is 22.3 Å². The number of carbonyl (C=O) groups is 1. The van der Waals surface area contributed by atoms with Crippen LogP contribution in [0.15, 0.2) is 29.4 Å². The van der Waals surface area contributed by atoms with Gasteiger partial charge in [0.25, 0.3) is 0 Å². The third-order valence-electron chi connectivity index (χ3n) is 4.08. The summed E-state index contributed by atoms with van der Waals surface area (Å²) in [4.78, 5) is 14.4. The van der Waals surface area contributed by atoms with Gasteiger partial charge in [0.05, 0.1) is 5.71 Å². The van der Waals surface area contributed by atoms with Gasteiger partial charge in [-0.25, -0.2) is 0 Å². The van der Waals surface area contributed by atoms with Crippen molar-refractivity contribution in [2.45, 2.75) is 45.7 Å². The largest absolute Gasteiger partial charge is 0.411 e. The summed E-state index contributed by atoms with van der Waals surface area (Å²) >= 11 is 0. The van der Waals surface area contributed by atoms with Crippen LogP contribution in [-0.4, -0.2) is 35.5 Å². The average Bonchev–Trinajstić information content (AvgIpc) is 2.52. The second-order valence-electron chi connectivity index (χ2n) is 5.50. The van der Waals surface area contributed by atoms with E-state index < -0.39 is 0 Å². The van der Waals surface area contributed by atoms with Gasteiger partial charge in [-0.1, -0.05) is 30.3 Å². The minimum absolute atomic E-state index is 0.0311.